The number of aromatic nitrogens is 2. The molecule has 2 N–H and O–H groups in total. The van der Waals surface area contributed by atoms with Crippen molar-refractivity contribution in [2.75, 3.05) is 0 Å². The Balaban J connectivity index is 2.15. The number of fused-ring (bicyclic) bond motifs is 1. The van der Waals surface area contributed by atoms with Gasteiger partial charge < -0.3 is 5.73 Å². The number of halogens is 3. The Morgan fingerprint density at radius 2 is 1.96 bits per heavy atom. The molecule has 2 aromatic carbocycles. The molecule has 1 unspecified atom stereocenters. The van der Waals surface area contributed by atoms with Crippen LogP contribution in [-0.4, -0.2) is 15.7 Å². The summed E-state index contributed by atoms with van der Waals surface area (Å²) in [5, 5.41) is 25.0. The average molecular weight is 433 g/mol. The van der Waals surface area contributed by atoms with Crippen LogP contribution in [0.25, 0.3) is 10.9 Å². The zero-order chi connectivity index (χ0) is 20.6. The second-order valence-corrected chi connectivity index (χ2v) is 7.62. The van der Waals surface area contributed by atoms with Gasteiger partial charge in [0.1, 0.15) is 5.52 Å². The van der Waals surface area contributed by atoms with Crippen molar-refractivity contribution < 1.29 is 4.79 Å². The normalized spacial score (nSPS) is 12.9. The second kappa shape index (κ2) is 7.33. The Bertz CT molecular complexity index is 1200. The van der Waals surface area contributed by atoms with Crippen LogP contribution in [0, 0.1) is 22.7 Å². The minimum atomic E-state index is -1.21. The van der Waals surface area contributed by atoms with Crippen molar-refractivity contribution >= 4 is 51.6 Å². The van der Waals surface area contributed by atoms with E-state index in [1.807, 2.05) is 6.07 Å². The molecule has 0 saturated heterocycles. The van der Waals surface area contributed by atoms with Gasteiger partial charge in [-0.3, -0.25) is 9.48 Å². The molecule has 1 amide bonds. The molecule has 1 aromatic heterocycles. The molecule has 1 atom stereocenters. The molecule has 0 radical (unpaired) electrons. The van der Waals surface area contributed by atoms with Crippen LogP contribution in [0.3, 0.4) is 0 Å². The maximum Gasteiger partial charge on any atom is 0.249 e. The minimum absolute atomic E-state index is 0.0671. The third kappa shape index (κ3) is 3.39. The lowest BCUT2D eigenvalue weighted by Crippen LogP contribution is -2.30. The van der Waals surface area contributed by atoms with E-state index < -0.39 is 11.3 Å². The zero-order valence-electron chi connectivity index (χ0n) is 14.5. The first-order chi connectivity index (χ1) is 13.2. The maximum absolute atomic E-state index is 11.9. The quantitative estimate of drug-likeness (QED) is 0.614. The van der Waals surface area contributed by atoms with Gasteiger partial charge in [0, 0.05) is 17.1 Å². The summed E-state index contributed by atoms with van der Waals surface area (Å²) in [7, 11) is 0. The van der Waals surface area contributed by atoms with Crippen LogP contribution in [-0.2, 0) is 12.0 Å². The highest BCUT2D eigenvalue weighted by Gasteiger charge is 2.32. The van der Waals surface area contributed by atoms with Crippen molar-refractivity contribution in [3.63, 3.8) is 0 Å². The largest absolute Gasteiger partial charge is 0.366 e. The SMILES string of the molecule is CC(C#N)(Cn1cc2c(Cl)cc(Cl)c(Cl)c2n1)c1cc(C#N)ccc1C(N)=O. The summed E-state index contributed by atoms with van der Waals surface area (Å²) in [6.07, 6.45) is 1.65. The predicted molar refractivity (Wildman–Crippen MR) is 107 cm³/mol. The van der Waals surface area contributed by atoms with Crippen LogP contribution in [0.2, 0.25) is 15.1 Å². The van der Waals surface area contributed by atoms with E-state index in [1.165, 1.54) is 28.9 Å². The van der Waals surface area contributed by atoms with Gasteiger partial charge in [0.2, 0.25) is 5.91 Å². The van der Waals surface area contributed by atoms with Crippen molar-refractivity contribution in [2.45, 2.75) is 18.9 Å². The molecule has 0 aliphatic heterocycles. The number of primary amides is 1. The van der Waals surface area contributed by atoms with Gasteiger partial charge >= 0.3 is 0 Å². The average Bonchev–Trinajstić information content (AvgIpc) is 3.09. The zero-order valence-corrected chi connectivity index (χ0v) is 16.8. The Morgan fingerprint density at radius 1 is 1.25 bits per heavy atom. The Kier molecular flexibility index (Phi) is 5.23. The summed E-state index contributed by atoms with van der Waals surface area (Å²) in [4.78, 5) is 11.9. The first-order valence-corrected chi connectivity index (χ1v) is 9.10. The summed E-state index contributed by atoms with van der Waals surface area (Å²) < 4.78 is 1.51. The van der Waals surface area contributed by atoms with Crippen molar-refractivity contribution in [3.05, 3.63) is 62.2 Å². The van der Waals surface area contributed by atoms with Gasteiger partial charge in [0.25, 0.3) is 0 Å². The number of hydrogen-bond donors (Lipinski definition) is 1. The van der Waals surface area contributed by atoms with E-state index >= 15 is 0 Å². The first kappa shape index (κ1) is 20.0. The number of hydrogen-bond acceptors (Lipinski definition) is 4. The molecule has 3 aromatic rings. The number of rotatable bonds is 4. The van der Waals surface area contributed by atoms with E-state index in [1.54, 1.807) is 13.1 Å². The lowest BCUT2D eigenvalue weighted by Gasteiger charge is -2.24. The van der Waals surface area contributed by atoms with Crippen LogP contribution >= 0.6 is 34.8 Å². The van der Waals surface area contributed by atoms with E-state index in [2.05, 4.69) is 11.2 Å². The van der Waals surface area contributed by atoms with Crippen LogP contribution < -0.4 is 5.73 Å². The standard InChI is InChI=1S/C19H12Cl3N5O/c1-19(8-24,13-4-10(6-23)2-3-11(13)18(25)28)9-27-7-12-14(20)5-15(21)16(22)17(12)26-27/h2-5,7H,9H2,1H3,(H2,25,28). The lowest BCUT2D eigenvalue weighted by atomic mass is 9.80. The smallest absolute Gasteiger partial charge is 0.249 e. The molecule has 0 saturated carbocycles. The van der Waals surface area contributed by atoms with E-state index in [-0.39, 0.29) is 22.2 Å². The van der Waals surface area contributed by atoms with Crippen LogP contribution in [0.1, 0.15) is 28.4 Å². The van der Waals surface area contributed by atoms with E-state index in [4.69, 9.17) is 40.5 Å². The van der Waals surface area contributed by atoms with E-state index in [0.717, 1.165) is 0 Å². The van der Waals surface area contributed by atoms with E-state index in [9.17, 15) is 15.3 Å². The predicted octanol–water partition coefficient (Wildman–Crippen LogP) is 4.45. The van der Waals surface area contributed by atoms with Crippen molar-refractivity contribution in [1.29, 1.82) is 10.5 Å². The van der Waals surface area contributed by atoms with Gasteiger partial charge in [-0.15, -0.1) is 0 Å². The summed E-state index contributed by atoms with van der Waals surface area (Å²) in [6.45, 7) is 1.70. The fraction of sp³-hybridized carbons (Fsp3) is 0.158. The highest BCUT2D eigenvalue weighted by Crippen LogP contribution is 2.36. The number of nitrogens with two attached hydrogens (primary N) is 1. The third-order valence-electron chi connectivity index (χ3n) is 4.42. The Labute approximate surface area is 175 Å². The fourth-order valence-electron chi connectivity index (χ4n) is 2.99. The summed E-state index contributed by atoms with van der Waals surface area (Å²) in [5.74, 6) is -0.690. The van der Waals surface area contributed by atoms with Gasteiger partial charge in [0.15, 0.2) is 0 Å². The van der Waals surface area contributed by atoms with Gasteiger partial charge in [-0.1, -0.05) is 34.8 Å². The molecule has 3 rings (SSSR count). The molecule has 28 heavy (non-hydrogen) atoms. The molecule has 0 aliphatic rings. The van der Waals surface area contributed by atoms with Gasteiger partial charge in [-0.25, -0.2) is 0 Å². The molecule has 0 spiro atoms. The number of amides is 1. The molecular weight excluding hydrogens is 421 g/mol. The Hall–Kier alpha value is -2.77. The molecular formula is C19H12Cl3N5O. The van der Waals surface area contributed by atoms with Gasteiger partial charge in [-0.2, -0.15) is 15.6 Å². The number of nitrogens with zero attached hydrogens (tertiary/aromatic N) is 4. The lowest BCUT2D eigenvalue weighted by molar-refractivity contribution is 0.0998. The third-order valence-corrected chi connectivity index (χ3v) is 5.51. The number of nitriles is 2. The number of carbonyl (C=O) groups is 1. The second-order valence-electron chi connectivity index (χ2n) is 6.42. The molecule has 0 bridgehead atoms. The summed E-state index contributed by atoms with van der Waals surface area (Å²) in [6, 6.07) is 10.1. The first-order valence-electron chi connectivity index (χ1n) is 7.96. The summed E-state index contributed by atoms with van der Waals surface area (Å²) >= 11 is 18.5. The topological polar surface area (TPSA) is 108 Å². The molecule has 0 aliphatic carbocycles. The maximum atomic E-state index is 11.9. The summed E-state index contributed by atoms with van der Waals surface area (Å²) in [5.41, 5.74) is 5.48. The highest BCUT2D eigenvalue weighted by molar-refractivity contribution is 6.47. The minimum Gasteiger partial charge on any atom is -0.366 e. The van der Waals surface area contributed by atoms with Crippen LogP contribution in [0.4, 0.5) is 0 Å². The van der Waals surface area contributed by atoms with Crippen molar-refractivity contribution in [1.82, 2.24) is 9.78 Å². The van der Waals surface area contributed by atoms with Gasteiger partial charge in [-0.05, 0) is 36.8 Å². The Morgan fingerprint density at radius 3 is 2.57 bits per heavy atom. The van der Waals surface area contributed by atoms with Crippen LogP contribution in [0.15, 0.2) is 30.5 Å². The van der Waals surface area contributed by atoms with Gasteiger partial charge in [0.05, 0.1) is 44.7 Å². The van der Waals surface area contributed by atoms with E-state index in [0.29, 0.717) is 27.1 Å². The molecule has 6 nitrogen and oxygen atoms in total. The molecule has 9 heteroatoms. The fourth-order valence-corrected chi connectivity index (χ4v) is 3.69. The highest BCUT2D eigenvalue weighted by atomic mass is 35.5. The van der Waals surface area contributed by atoms with Crippen molar-refractivity contribution in [3.8, 4) is 12.1 Å². The monoisotopic (exact) mass is 431 g/mol. The molecule has 0 fully saturated rings. The number of carbonyl (C=O) groups excluding carboxylic acids is 1. The van der Waals surface area contributed by atoms with Crippen molar-refractivity contribution in [2.24, 2.45) is 5.73 Å². The number of benzene rings is 2. The molecule has 140 valence electrons. The molecule has 1 heterocycles. The van der Waals surface area contributed by atoms with Crippen LogP contribution in [0.5, 0.6) is 0 Å².